The highest BCUT2D eigenvalue weighted by Gasteiger charge is 2.69. The van der Waals surface area contributed by atoms with Gasteiger partial charge in [0.2, 0.25) is 5.91 Å². The lowest BCUT2D eigenvalue weighted by atomic mass is 9.52. The number of carboxylic acid groups (broad SMARTS) is 1. The molecular formula is C28H30F3N3O10. The number of fused-ring (bicyclic) bond motifs is 3. The van der Waals surface area contributed by atoms with Crippen molar-refractivity contribution < 1.29 is 62.0 Å². The van der Waals surface area contributed by atoms with E-state index in [1.54, 1.807) is 0 Å². The minimum absolute atomic E-state index is 0.194. The SMILES string of the molecule is CN(C)C1C(=O)C(C(N)=O)C(=O)C2(O)C(=O)C3C(=O)c4c(O)cc(C5CCCN5CC(=O)O)c(OC(F)(F)F)c4CC3CC12. The van der Waals surface area contributed by atoms with Crippen molar-refractivity contribution >= 4 is 35.0 Å². The molecule has 2 saturated carbocycles. The maximum Gasteiger partial charge on any atom is 0.573 e. The van der Waals surface area contributed by atoms with Crippen LogP contribution in [0, 0.1) is 23.7 Å². The second-order valence-corrected chi connectivity index (χ2v) is 12.0. The lowest BCUT2D eigenvalue weighted by Crippen LogP contribution is -2.74. The molecule has 5 rings (SSSR count). The molecule has 4 aliphatic rings. The fraction of sp³-hybridized carbons (Fsp3) is 0.571. The van der Waals surface area contributed by atoms with Crippen LogP contribution in [0.4, 0.5) is 13.2 Å². The van der Waals surface area contributed by atoms with Crippen LogP contribution < -0.4 is 10.5 Å². The number of primary amides is 1. The maximum absolute atomic E-state index is 13.9. The minimum atomic E-state index is -5.26. The first-order valence-corrected chi connectivity index (χ1v) is 13.8. The van der Waals surface area contributed by atoms with Crippen LogP contribution in [0.5, 0.6) is 11.5 Å². The van der Waals surface area contributed by atoms with Crippen LogP contribution in [0.2, 0.25) is 0 Å². The van der Waals surface area contributed by atoms with E-state index < -0.39 is 113 Å². The van der Waals surface area contributed by atoms with Crippen molar-refractivity contribution in [2.75, 3.05) is 27.2 Å². The number of benzene rings is 1. The van der Waals surface area contributed by atoms with E-state index in [0.717, 1.165) is 6.07 Å². The molecule has 13 nitrogen and oxygen atoms in total. The molecule has 1 saturated heterocycles. The topological polar surface area (TPSA) is 205 Å². The molecule has 0 spiro atoms. The molecule has 1 aromatic rings. The van der Waals surface area contributed by atoms with E-state index in [0.29, 0.717) is 6.42 Å². The molecule has 3 aliphatic carbocycles. The second kappa shape index (κ2) is 10.6. The second-order valence-electron chi connectivity index (χ2n) is 12.0. The van der Waals surface area contributed by atoms with Crippen LogP contribution in [-0.2, 0) is 30.4 Å². The van der Waals surface area contributed by atoms with Gasteiger partial charge in [-0.3, -0.25) is 38.6 Å². The molecule has 238 valence electrons. The number of ketones is 4. The van der Waals surface area contributed by atoms with Crippen molar-refractivity contribution in [2.24, 2.45) is 29.4 Å². The first kappa shape index (κ1) is 31.5. The number of carbonyl (C=O) groups is 6. The Kier molecular flexibility index (Phi) is 7.62. The number of hydrogen-bond donors (Lipinski definition) is 4. The number of carboxylic acids is 1. The lowest BCUT2D eigenvalue weighted by Gasteiger charge is -2.52. The van der Waals surface area contributed by atoms with Crippen LogP contribution in [0.25, 0.3) is 0 Å². The van der Waals surface area contributed by atoms with Gasteiger partial charge in [-0.1, -0.05) is 0 Å². The van der Waals surface area contributed by atoms with Gasteiger partial charge in [0, 0.05) is 23.1 Å². The monoisotopic (exact) mass is 625 g/mol. The predicted molar refractivity (Wildman–Crippen MR) is 139 cm³/mol. The average molecular weight is 626 g/mol. The summed E-state index contributed by atoms with van der Waals surface area (Å²) in [5.41, 5.74) is 1.07. The van der Waals surface area contributed by atoms with E-state index in [4.69, 9.17) is 5.73 Å². The van der Waals surface area contributed by atoms with Gasteiger partial charge in [-0.2, -0.15) is 0 Å². The molecule has 0 radical (unpaired) electrons. The fourth-order valence-electron chi connectivity index (χ4n) is 7.70. The summed E-state index contributed by atoms with van der Waals surface area (Å²) in [6.45, 7) is -0.272. The molecular weight excluding hydrogens is 595 g/mol. The smallest absolute Gasteiger partial charge is 0.507 e. The molecule has 44 heavy (non-hydrogen) atoms. The summed E-state index contributed by atoms with van der Waals surface area (Å²) in [6, 6.07) is -1.42. The van der Waals surface area contributed by atoms with Crippen LogP contribution in [0.3, 0.4) is 0 Å². The largest absolute Gasteiger partial charge is 0.573 e. The summed E-state index contributed by atoms with van der Waals surface area (Å²) in [4.78, 5) is 80.5. The van der Waals surface area contributed by atoms with Gasteiger partial charge in [-0.05, 0) is 58.3 Å². The number of ether oxygens (including phenoxy) is 1. The van der Waals surface area contributed by atoms with E-state index in [1.165, 1.54) is 23.9 Å². The van der Waals surface area contributed by atoms with Crippen LogP contribution in [0.15, 0.2) is 6.07 Å². The Bertz CT molecular complexity index is 1490. The van der Waals surface area contributed by atoms with Crippen LogP contribution >= 0.6 is 0 Å². The summed E-state index contributed by atoms with van der Waals surface area (Å²) < 4.78 is 45.8. The van der Waals surface area contributed by atoms with Crippen molar-refractivity contribution in [3.05, 3.63) is 22.8 Å². The van der Waals surface area contributed by atoms with Gasteiger partial charge in [0.05, 0.1) is 24.1 Å². The van der Waals surface area contributed by atoms with E-state index in [9.17, 15) is 57.3 Å². The highest BCUT2D eigenvalue weighted by atomic mass is 19.4. The summed E-state index contributed by atoms with van der Waals surface area (Å²) >= 11 is 0. The normalized spacial score (nSPS) is 32.3. The number of likely N-dealkylation sites (tertiary alicyclic amines) is 1. The first-order valence-electron chi connectivity index (χ1n) is 13.8. The number of hydrogen-bond acceptors (Lipinski definition) is 11. The van der Waals surface area contributed by atoms with E-state index in [2.05, 4.69) is 4.74 Å². The Hall–Kier alpha value is -3.89. The quantitative estimate of drug-likeness (QED) is 0.308. The number of aliphatic hydroxyl groups is 1. The molecule has 1 aromatic carbocycles. The van der Waals surface area contributed by atoms with Crippen molar-refractivity contribution in [1.29, 1.82) is 0 Å². The molecule has 7 unspecified atom stereocenters. The first-order chi connectivity index (χ1) is 20.4. The third-order valence-corrected chi connectivity index (χ3v) is 9.32. The molecule has 0 aromatic heterocycles. The third kappa shape index (κ3) is 4.75. The molecule has 5 N–H and O–H groups in total. The van der Waals surface area contributed by atoms with Gasteiger partial charge in [0.15, 0.2) is 34.7 Å². The predicted octanol–water partition coefficient (Wildman–Crippen LogP) is -0.0129. The number of aromatic hydroxyl groups is 1. The van der Waals surface area contributed by atoms with E-state index in [-0.39, 0.29) is 30.5 Å². The standard InChI is InChI=1S/C28H30F3N3O10/c1-33(2)20-13-7-10-6-12-18(21(38)17(10)24(40)27(13,43)25(41)19(22(20)39)26(32)42)15(35)8-11(23(12)44-28(29,30)31)14-4-3-5-34(14)9-16(36)37/h8,10,13-14,17,19-20,35,43H,3-7,9H2,1-2H3,(H2,32,42)(H,36,37). The Morgan fingerprint density at radius 3 is 2.41 bits per heavy atom. The summed E-state index contributed by atoms with van der Waals surface area (Å²) in [5.74, 6) is -15.7. The Balaban J connectivity index is 1.66. The van der Waals surface area contributed by atoms with Gasteiger partial charge < -0.3 is 25.8 Å². The molecule has 16 heteroatoms. The van der Waals surface area contributed by atoms with Crippen molar-refractivity contribution in [3.8, 4) is 11.5 Å². The highest BCUT2D eigenvalue weighted by Crippen LogP contribution is 2.54. The lowest BCUT2D eigenvalue weighted by molar-refractivity contribution is -0.275. The van der Waals surface area contributed by atoms with E-state index in [1.807, 2.05) is 0 Å². The number of likely N-dealkylation sites (N-methyl/N-ethyl adjacent to an activating group) is 1. The van der Waals surface area contributed by atoms with Gasteiger partial charge >= 0.3 is 12.3 Å². The third-order valence-electron chi connectivity index (χ3n) is 9.32. The minimum Gasteiger partial charge on any atom is -0.507 e. The number of phenolic OH excluding ortho intramolecular Hbond substituents is 1. The van der Waals surface area contributed by atoms with Crippen LogP contribution in [0.1, 0.15) is 46.8 Å². The number of alkyl halides is 3. The molecule has 1 aliphatic heterocycles. The fourth-order valence-corrected chi connectivity index (χ4v) is 7.70. The van der Waals surface area contributed by atoms with Crippen molar-refractivity contribution in [1.82, 2.24) is 9.80 Å². The zero-order valence-electron chi connectivity index (χ0n) is 23.6. The number of halogens is 3. The average Bonchev–Trinajstić information content (AvgIpc) is 3.33. The number of Topliss-reactive ketones (excluding diaryl/α,β-unsaturated/α-hetero) is 4. The number of rotatable bonds is 6. The number of aliphatic carboxylic acids is 1. The van der Waals surface area contributed by atoms with Gasteiger partial charge in [-0.15, -0.1) is 13.2 Å². The molecule has 1 amide bonds. The Morgan fingerprint density at radius 1 is 1.18 bits per heavy atom. The number of nitrogens with two attached hydrogens (primary N) is 1. The van der Waals surface area contributed by atoms with Gasteiger partial charge in [0.25, 0.3) is 0 Å². The Labute approximate surface area is 247 Å². The molecule has 3 fully saturated rings. The van der Waals surface area contributed by atoms with Crippen molar-refractivity contribution in [2.45, 2.75) is 49.7 Å². The summed E-state index contributed by atoms with van der Waals surface area (Å²) in [5, 5.41) is 31.9. The van der Waals surface area contributed by atoms with Crippen molar-refractivity contribution in [3.63, 3.8) is 0 Å². The van der Waals surface area contributed by atoms with Gasteiger partial charge in [-0.25, -0.2) is 0 Å². The number of carbonyl (C=O) groups excluding carboxylic acids is 5. The zero-order chi connectivity index (χ0) is 32.6. The number of nitrogens with zero attached hydrogens (tertiary/aromatic N) is 2. The zero-order valence-corrected chi connectivity index (χ0v) is 23.6. The number of amides is 1. The Morgan fingerprint density at radius 2 is 1.84 bits per heavy atom. The maximum atomic E-state index is 13.9. The summed E-state index contributed by atoms with van der Waals surface area (Å²) in [7, 11) is 2.80. The molecule has 0 bridgehead atoms. The molecule has 7 atom stereocenters. The summed E-state index contributed by atoms with van der Waals surface area (Å²) in [6.07, 6.45) is -5.43. The van der Waals surface area contributed by atoms with E-state index >= 15 is 0 Å². The highest BCUT2D eigenvalue weighted by molar-refractivity contribution is 6.32. The van der Waals surface area contributed by atoms with Gasteiger partial charge in [0.1, 0.15) is 11.5 Å². The van der Waals surface area contributed by atoms with Crippen LogP contribution in [-0.4, -0.2) is 105 Å². The molecule has 1 heterocycles. The number of phenols is 1.